The van der Waals surface area contributed by atoms with Crippen LogP contribution >= 0.6 is 0 Å². The number of rotatable bonds is 6. The molecule has 0 amide bonds. The zero-order valence-corrected chi connectivity index (χ0v) is 15.0. The number of benzene rings is 1. The zero-order valence-electron chi connectivity index (χ0n) is 15.0. The molecule has 5 nitrogen and oxygen atoms in total. The minimum absolute atomic E-state index is 0.299. The Morgan fingerprint density at radius 1 is 1.21 bits per heavy atom. The molecule has 1 aliphatic heterocycles. The molecule has 1 saturated carbocycles. The molecule has 5 heteroatoms. The lowest BCUT2D eigenvalue weighted by molar-refractivity contribution is 0.0389. The molecule has 24 heavy (non-hydrogen) atoms. The molecular formula is C19H30N4O. The van der Waals surface area contributed by atoms with E-state index in [2.05, 4.69) is 51.7 Å². The van der Waals surface area contributed by atoms with Gasteiger partial charge in [-0.25, -0.2) is 0 Å². The van der Waals surface area contributed by atoms with Crippen LogP contribution in [0.3, 0.4) is 0 Å². The summed E-state index contributed by atoms with van der Waals surface area (Å²) in [6, 6.07) is 8.76. The third-order valence-corrected chi connectivity index (χ3v) is 5.21. The fourth-order valence-corrected chi connectivity index (χ4v) is 3.49. The van der Waals surface area contributed by atoms with Crippen LogP contribution in [-0.2, 0) is 10.2 Å². The molecule has 1 heterocycles. The largest absolute Gasteiger partial charge is 0.379 e. The van der Waals surface area contributed by atoms with E-state index >= 15 is 0 Å². The molecule has 1 saturated heterocycles. The number of ether oxygens (including phenoxy) is 1. The Morgan fingerprint density at radius 2 is 1.96 bits per heavy atom. The third-order valence-electron chi connectivity index (χ3n) is 5.21. The first-order chi connectivity index (χ1) is 11.7. The van der Waals surface area contributed by atoms with E-state index in [1.807, 2.05) is 7.05 Å². The molecule has 2 aliphatic rings. The number of morpholine rings is 1. The molecule has 1 aliphatic carbocycles. The zero-order chi connectivity index (χ0) is 16.8. The minimum atomic E-state index is 0.299. The first-order valence-electron chi connectivity index (χ1n) is 9.04. The van der Waals surface area contributed by atoms with Gasteiger partial charge in [0.05, 0.1) is 13.2 Å². The van der Waals surface area contributed by atoms with E-state index in [-0.39, 0.29) is 0 Å². The van der Waals surface area contributed by atoms with Crippen molar-refractivity contribution in [3.05, 3.63) is 35.4 Å². The van der Waals surface area contributed by atoms with Gasteiger partial charge in [-0.2, -0.15) is 0 Å². The molecule has 3 rings (SSSR count). The lowest BCUT2D eigenvalue weighted by Crippen LogP contribution is -2.45. The number of nitrogens with zero attached hydrogens (tertiary/aromatic N) is 2. The van der Waals surface area contributed by atoms with E-state index in [9.17, 15) is 0 Å². The van der Waals surface area contributed by atoms with Gasteiger partial charge in [-0.1, -0.05) is 24.3 Å². The SMILES string of the molecule is CN=C(NCCN1CCOCC1)NCC1(c2ccccc2C)CC1. The average Bonchev–Trinajstić information content (AvgIpc) is 3.40. The van der Waals surface area contributed by atoms with Crippen LogP contribution in [0.2, 0.25) is 0 Å². The highest BCUT2D eigenvalue weighted by Gasteiger charge is 2.44. The van der Waals surface area contributed by atoms with Crippen molar-refractivity contribution in [2.45, 2.75) is 25.2 Å². The standard InChI is InChI=1S/C19H30N4O/c1-16-5-3-4-6-17(16)19(7-8-19)15-22-18(20-2)21-9-10-23-11-13-24-14-12-23/h3-6H,7-15H2,1-2H3,(H2,20,21,22). The molecule has 0 unspecified atom stereocenters. The Hall–Kier alpha value is -1.59. The van der Waals surface area contributed by atoms with Crippen molar-refractivity contribution in [1.82, 2.24) is 15.5 Å². The highest BCUT2D eigenvalue weighted by Crippen LogP contribution is 2.48. The van der Waals surface area contributed by atoms with E-state index in [0.29, 0.717) is 5.41 Å². The third kappa shape index (κ3) is 4.28. The monoisotopic (exact) mass is 330 g/mol. The van der Waals surface area contributed by atoms with Crippen LogP contribution in [0.1, 0.15) is 24.0 Å². The van der Waals surface area contributed by atoms with Crippen LogP contribution in [-0.4, -0.2) is 63.8 Å². The number of hydrogen-bond acceptors (Lipinski definition) is 3. The summed E-state index contributed by atoms with van der Waals surface area (Å²) in [4.78, 5) is 6.80. The summed E-state index contributed by atoms with van der Waals surface area (Å²) >= 11 is 0. The summed E-state index contributed by atoms with van der Waals surface area (Å²) in [6.07, 6.45) is 2.52. The first kappa shape index (κ1) is 17.2. The van der Waals surface area contributed by atoms with Crippen molar-refractivity contribution in [1.29, 1.82) is 0 Å². The van der Waals surface area contributed by atoms with Crippen molar-refractivity contribution >= 4 is 5.96 Å². The van der Waals surface area contributed by atoms with Crippen LogP contribution in [0.4, 0.5) is 0 Å². The number of aryl methyl sites for hydroxylation is 1. The maximum absolute atomic E-state index is 5.38. The molecule has 1 aromatic carbocycles. The predicted molar refractivity (Wildman–Crippen MR) is 98.7 cm³/mol. The summed E-state index contributed by atoms with van der Waals surface area (Å²) in [6.45, 7) is 8.88. The summed E-state index contributed by atoms with van der Waals surface area (Å²) in [5.41, 5.74) is 3.18. The van der Waals surface area contributed by atoms with Crippen LogP contribution in [0.5, 0.6) is 0 Å². The number of guanidine groups is 1. The summed E-state index contributed by atoms with van der Waals surface area (Å²) in [7, 11) is 1.84. The van der Waals surface area contributed by atoms with E-state index in [1.165, 1.54) is 24.0 Å². The van der Waals surface area contributed by atoms with Gasteiger partial charge in [0.25, 0.3) is 0 Å². The van der Waals surface area contributed by atoms with Crippen LogP contribution in [0, 0.1) is 6.92 Å². The second kappa shape index (κ2) is 7.99. The maximum Gasteiger partial charge on any atom is 0.191 e. The second-order valence-electron chi connectivity index (χ2n) is 6.90. The van der Waals surface area contributed by atoms with Crippen molar-refractivity contribution in [3.63, 3.8) is 0 Å². The lowest BCUT2D eigenvalue weighted by atomic mass is 9.92. The number of hydrogen-bond donors (Lipinski definition) is 2. The van der Waals surface area contributed by atoms with Gasteiger partial charge in [0, 0.05) is 45.2 Å². The van der Waals surface area contributed by atoms with Gasteiger partial charge >= 0.3 is 0 Å². The Morgan fingerprint density at radius 3 is 2.62 bits per heavy atom. The fourth-order valence-electron chi connectivity index (χ4n) is 3.49. The van der Waals surface area contributed by atoms with Gasteiger partial charge in [0.1, 0.15) is 0 Å². The van der Waals surface area contributed by atoms with E-state index in [1.54, 1.807) is 0 Å². The molecule has 1 aromatic rings. The second-order valence-corrected chi connectivity index (χ2v) is 6.90. The molecule has 0 spiro atoms. The summed E-state index contributed by atoms with van der Waals surface area (Å²) < 4.78 is 5.38. The van der Waals surface area contributed by atoms with Crippen molar-refractivity contribution in [3.8, 4) is 0 Å². The Balaban J connectivity index is 1.45. The van der Waals surface area contributed by atoms with Gasteiger partial charge in [-0.15, -0.1) is 0 Å². The summed E-state index contributed by atoms with van der Waals surface area (Å²) in [5.74, 6) is 0.906. The van der Waals surface area contributed by atoms with Crippen molar-refractivity contribution < 1.29 is 4.74 Å². The quantitative estimate of drug-likeness (QED) is 0.613. The van der Waals surface area contributed by atoms with Crippen LogP contribution < -0.4 is 10.6 Å². The van der Waals surface area contributed by atoms with E-state index in [0.717, 1.165) is 51.9 Å². The van der Waals surface area contributed by atoms with Gasteiger partial charge in [-0.3, -0.25) is 9.89 Å². The highest BCUT2D eigenvalue weighted by molar-refractivity contribution is 5.79. The number of nitrogens with one attached hydrogen (secondary N) is 2. The average molecular weight is 330 g/mol. The van der Waals surface area contributed by atoms with E-state index in [4.69, 9.17) is 4.74 Å². The molecule has 0 radical (unpaired) electrons. The first-order valence-corrected chi connectivity index (χ1v) is 9.04. The smallest absolute Gasteiger partial charge is 0.191 e. The van der Waals surface area contributed by atoms with Crippen LogP contribution in [0.25, 0.3) is 0 Å². The molecule has 2 fully saturated rings. The normalized spacial score (nSPS) is 20.7. The Kier molecular flexibility index (Phi) is 5.74. The van der Waals surface area contributed by atoms with Crippen molar-refractivity contribution in [2.24, 2.45) is 4.99 Å². The summed E-state index contributed by atoms with van der Waals surface area (Å²) in [5, 5.41) is 6.97. The number of aliphatic imine (C=N–C) groups is 1. The molecular weight excluding hydrogens is 300 g/mol. The maximum atomic E-state index is 5.38. The Bertz CT molecular complexity index is 562. The fraction of sp³-hybridized carbons (Fsp3) is 0.632. The molecule has 132 valence electrons. The van der Waals surface area contributed by atoms with E-state index < -0.39 is 0 Å². The molecule has 0 atom stereocenters. The van der Waals surface area contributed by atoms with Gasteiger partial charge in [0.15, 0.2) is 5.96 Å². The van der Waals surface area contributed by atoms with Crippen LogP contribution in [0.15, 0.2) is 29.3 Å². The van der Waals surface area contributed by atoms with Gasteiger partial charge in [0.2, 0.25) is 0 Å². The topological polar surface area (TPSA) is 48.9 Å². The Labute approximate surface area is 145 Å². The highest BCUT2D eigenvalue weighted by atomic mass is 16.5. The molecule has 2 N–H and O–H groups in total. The van der Waals surface area contributed by atoms with Gasteiger partial charge in [-0.05, 0) is 30.9 Å². The molecule has 0 aromatic heterocycles. The minimum Gasteiger partial charge on any atom is -0.379 e. The lowest BCUT2D eigenvalue weighted by Gasteiger charge is -2.27. The van der Waals surface area contributed by atoms with Crippen molar-refractivity contribution in [2.75, 3.05) is 53.0 Å². The molecule has 0 bridgehead atoms. The van der Waals surface area contributed by atoms with Gasteiger partial charge < -0.3 is 15.4 Å². The predicted octanol–water partition coefficient (Wildman–Crippen LogP) is 1.52.